The molecule has 0 bridgehead atoms. The van der Waals surface area contributed by atoms with Crippen molar-refractivity contribution in [1.82, 2.24) is 15.0 Å². The van der Waals surface area contributed by atoms with Crippen molar-refractivity contribution in [2.75, 3.05) is 0 Å². The molecule has 0 radical (unpaired) electrons. The first kappa shape index (κ1) is 32.3. The zero-order valence-corrected chi connectivity index (χ0v) is 32.0. The van der Waals surface area contributed by atoms with E-state index < -0.39 is 0 Å². The third kappa shape index (κ3) is 4.49. The molecule has 8 aromatic rings. The van der Waals surface area contributed by atoms with Crippen LogP contribution < -0.4 is 0 Å². The summed E-state index contributed by atoms with van der Waals surface area (Å²) >= 11 is 1.75. The van der Waals surface area contributed by atoms with Crippen molar-refractivity contribution >= 4 is 76.5 Å². The van der Waals surface area contributed by atoms with Gasteiger partial charge in [-0.05, 0) is 70.9 Å². The number of nitrogens with zero attached hydrogens (tertiary/aromatic N) is 3. The first-order valence-corrected chi connectivity index (χ1v) is 19.8. The van der Waals surface area contributed by atoms with Crippen LogP contribution in [0.4, 0.5) is 0 Å². The Morgan fingerprint density at radius 1 is 0.418 bits per heavy atom. The summed E-state index contributed by atoms with van der Waals surface area (Å²) in [5.41, 5.74) is 4.17. The maximum Gasteiger partial charge on any atom is 0.160 e. The molecule has 0 amide bonds. The Morgan fingerprint density at radius 3 is 1.47 bits per heavy atom. The molecule has 0 saturated heterocycles. The van der Waals surface area contributed by atoms with Crippen LogP contribution in [-0.2, 0) is 10.8 Å². The average Bonchev–Trinajstić information content (AvgIpc) is 3.28. The molecule has 6 aromatic carbocycles. The van der Waals surface area contributed by atoms with E-state index in [0.717, 1.165) is 38.1 Å². The van der Waals surface area contributed by atoms with Gasteiger partial charge in [0, 0.05) is 49.7 Å². The van der Waals surface area contributed by atoms with Gasteiger partial charge in [-0.1, -0.05) is 173 Å². The lowest BCUT2D eigenvalue weighted by Crippen LogP contribution is -2.40. The molecule has 3 heterocycles. The van der Waals surface area contributed by atoms with Gasteiger partial charge in [-0.3, -0.25) is 0 Å². The summed E-state index contributed by atoms with van der Waals surface area (Å²) in [6, 6.07) is 51.1. The SMILES string of the molecule is CC1(C)c2cccnc2Sc2c(-c3ncc4c5ccccc5c5cccc6c5=c5c(cccc5c4n3)c3ccccc3c3ccccc63)cccc2C1(C)C. The summed E-state index contributed by atoms with van der Waals surface area (Å²) in [7, 11) is 0. The van der Waals surface area contributed by atoms with Crippen molar-refractivity contribution in [2.24, 2.45) is 0 Å². The summed E-state index contributed by atoms with van der Waals surface area (Å²) in [6.07, 6.45) is 3.98. The fraction of sp³-hybridized carbons (Fsp3) is 0.118. The molecule has 3 nitrogen and oxygen atoms in total. The molecule has 262 valence electrons. The largest absolute Gasteiger partial charge is 0.249 e. The van der Waals surface area contributed by atoms with Gasteiger partial charge < -0.3 is 0 Å². The van der Waals surface area contributed by atoms with E-state index in [1.165, 1.54) is 69.5 Å². The van der Waals surface area contributed by atoms with Gasteiger partial charge in [-0.15, -0.1) is 0 Å². The number of hydrogen-bond donors (Lipinski definition) is 0. The lowest BCUT2D eigenvalue weighted by molar-refractivity contribution is 0.295. The number of fused-ring (bicyclic) bond motifs is 12. The van der Waals surface area contributed by atoms with Crippen LogP contribution in [0.2, 0.25) is 0 Å². The van der Waals surface area contributed by atoms with E-state index in [-0.39, 0.29) is 10.8 Å². The Labute approximate surface area is 323 Å². The highest BCUT2D eigenvalue weighted by atomic mass is 32.2. The quantitative estimate of drug-likeness (QED) is 0.169. The van der Waals surface area contributed by atoms with Crippen molar-refractivity contribution < 1.29 is 0 Å². The summed E-state index contributed by atoms with van der Waals surface area (Å²) in [6.45, 7) is 9.43. The number of hydrogen-bond acceptors (Lipinski definition) is 4. The van der Waals surface area contributed by atoms with Crippen molar-refractivity contribution in [1.29, 1.82) is 0 Å². The Hall–Kier alpha value is -6.10. The second-order valence-electron chi connectivity index (χ2n) is 15.9. The third-order valence-corrected chi connectivity index (χ3v) is 14.0. The molecule has 11 rings (SSSR count). The predicted molar refractivity (Wildman–Crippen MR) is 231 cm³/mol. The number of benzene rings is 6. The number of rotatable bonds is 1. The fourth-order valence-corrected chi connectivity index (χ4v) is 10.8. The molecule has 1 aliphatic heterocycles. The minimum atomic E-state index is -0.193. The van der Waals surface area contributed by atoms with Gasteiger partial charge in [0.05, 0.1) is 5.52 Å². The predicted octanol–water partition coefficient (Wildman–Crippen LogP) is 13.5. The molecule has 0 spiro atoms. The van der Waals surface area contributed by atoms with Gasteiger partial charge in [0.25, 0.3) is 0 Å². The standard InChI is InChI=1S/C51H37N3S/c1-50(2)42-26-13-25-40(47(42)55-49-43(51(50,3)4)27-14-28-52-49)48-53-29-41-35-20-10-9-19-34(35)37-22-11-21-36-32-17-7-5-15-30(32)31-16-6-8-18-33(31)38-23-12-24-39(46(41)54-48)45(38)44(36)37/h5-29H,1-4H3. The molecule has 0 fully saturated rings. The lowest BCUT2D eigenvalue weighted by atomic mass is 9.61. The molecule has 0 N–H and O–H groups in total. The molecule has 55 heavy (non-hydrogen) atoms. The second-order valence-corrected chi connectivity index (χ2v) is 16.9. The molecule has 2 aromatic heterocycles. The first-order chi connectivity index (χ1) is 26.8. The van der Waals surface area contributed by atoms with E-state index in [1.807, 2.05) is 6.20 Å². The summed E-state index contributed by atoms with van der Waals surface area (Å²) in [5, 5.41) is 16.5. The van der Waals surface area contributed by atoms with Crippen LogP contribution in [0, 0.1) is 10.4 Å². The van der Waals surface area contributed by atoms with E-state index >= 15 is 0 Å². The minimum absolute atomic E-state index is 0.162. The van der Waals surface area contributed by atoms with E-state index in [9.17, 15) is 0 Å². The van der Waals surface area contributed by atoms with E-state index in [2.05, 4.69) is 173 Å². The normalized spacial score (nSPS) is 14.8. The summed E-state index contributed by atoms with van der Waals surface area (Å²) in [4.78, 5) is 17.0. The van der Waals surface area contributed by atoms with Crippen LogP contribution in [0.1, 0.15) is 38.8 Å². The summed E-state index contributed by atoms with van der Waals surface area (Å²) in [5.74, 6) is 0.719. The molecule has 4 heteroatoms. The Balaban J connectivity index is 1.37. The zero-order valence-electron chi connectivity index (χ0n) is 31.2. The van der Waals surface area contributed by atoms with Crippen LogP contribution in [-0.4, -0.2) is 15.0 Å². The molecular weight excluding hydrogens is 687 g/mol. The topological polar surface area (TPSA) is 38.7 Å². The Kier molecular flexibility index (Phi) is 6.88. The van der Waals surface area contributed by atoms with Gasteiger partial charge in [0.1, 0.15) is 5.03 Å². The molecule has 0 saturated carbocycles. The smallest absolute Gasteiger partial charge is 0.160 e. The Bertz CT molecular complexity index is 3350. The van der Waals surface area contributed by atoms with Crippen LogP contribution in [0.15, 0.2) is 162 Å². The van der Waals surface area contributed by atoms with Crippen LogP contribution in [0.3, 0.4) is 0 Å². The van der Waals surface area contributed by atoms with Gasteiger partial charge in [-0.2, -0.15) is 0 Å². The van der Waals surface area contributed by atoms with Crippen LogP contribution in [0.5, 0.6) is 0 Å². The Morgan fingerprint density at radius 2 is 0.873 bits per heavy atom. The summed E-state index contributed by atoms with van der Waals surface area (Å²) < 4.78 is 0. The van der Waals surface area contributed by atoms with E-state index in [0.29, 0.717) is 0 Å². The van der Waals surface area contributed by atoms with Gasteiger partial charge >= 0.3 is 0 Å². The highest BCUT2D eigenvalue weighted by molar-refractivity contribution is 7.99. The van der Waals surface area contributed by atoms with Crippen molar-refractivity contribution in [2.45, 2.75) is 48.4 Å². The number of aromatic nitrogens is 3. The highest BCUT2D eigenvalue weighted by Gasteiger charge is 2.45. The fourth-order valence-electron chi connectivity index (χ4n) is 9.32. The first-order valence-electron chi connectivity index (χ1n) is 19.0. The van der Waals surface area contributed by atoms with Crippen molar-refractivity contribution in [3.05, 3.63) is 173 Å². The molecule has 3 aliphatic rings. The molecule has 0 unspecified atom stereocenters. The van der Waals surface area contributed by atoms with Crippen molar-refractivity contribution in [3.8, 4) is 11.4 Å². The van der Waals surface area contributed by atoms with Gasteiger partial charge in [-0.25, -0.2) is 15.0 Å². The second kappa shape index (κ2) is 11.7. The maximum absolute atomic E-state index is 5.68. The molecule has 2 aliphatic carbocycles. The van der Waals surface area contributed by atoms with Gasteiger partial charge in [0.15, 0.2) is 5.82 Å². The average molecular weight is 724 g/mol. The van der Waals surface area contributed by atoms with Crippen LogP contribution in [0.25, 0.3) is 76.2 Å². The molecular formula is C51H37N3S. The third-order valence-electron chi connectivity index (χ3n) is 12.8. The van der Waals surface area contributed by atoms with Gasteiger partial charge in [0.2, 0.25) is 0 Å². The monoisotopic (exact) mass is 723 g/mol. The van der Waals surface area contributed by atoms with E-state index in [1.54, 1.807) is 11.8 Å². The lowest BCUT2D eigenvalue weighted by Gasteiger charge is -2.42. The zero-order chi connectivity index (χ0) is 37.1. The van der Waals surface area contributed by atoms with E-state index in [4.69, 9.17) is 15.0 Å². The minimum Gasteiger partial charge on any atom is -0.249 e. The molecule has 0 atom stereocenters. The number of pyridine rings is 1. The maximum atomic E-state index is 5.68. The van der Waals surface area contributed by atoms with Crippen molar-refractivity contribution in [3.63, 3.8) is 0 Å². The highest BCUT2D eigenvalue weighted by Crippen LogP contribution is 2.55. The van der Waals surface area contributed by atoms with Crippen LogP contribution >= 0.6 is 11.8 Å².